The van der Waals surface area contributed by atoms with Gasteiger partial charge in [0.1, 0.15) is 0 Å². The summed E-state index contributed by atoms with van der Waals surface area (Å²) in [7, 11) is -10.2. The van der Waals surface area contributed by atoms with E-state index < -0.39 is 20.8 Å². The zero-order valence-corrected chi connectivity index (χ0v) is 37.5. The van der Waals surface area contributed by atoms with Gasteiger partial charge in [0, 0.05) is 19.6 Å². The average Bonchev–Trinajstić information content (AvgIpc) is 3.13. The molecule has 1 aliphatic rings. The molecular formula is C44H74O7S4. The molecule has 1 aliphatic heterocycles. The third kappa shape index (κ3) is 25.8. The number of benzene rings is 2. The Morgan fingerprint density at radius 3 is 1.15 bits per heavy atom. The minimum absolute atomic E-state index is 1.27. The highest BCUT2D eigenvalue weighted by molar-refractivity contribution is 8.05. The Balaban J connectivity index is 0.00000103. The summed E-state index contributed by atoms with van der Waals surface area (Å²) in [6.07, 6.45) is 42.7. The molecule has 0 fully saturated rings. The van der Waals surface area contributed by atoms with Gasteiger partial charge in [-0.25, -0.2) is 0 Å². The Bertz CT molecular complexity index is 1470. The second kappa shape index (κ2) is 30.9. The van der Waals surface area contributed by atoms with Crippen LogP contribution >= 0.6 is 23.5 Å². The molecule has 316 valence electrons. The zero-order chi connectivity index (χ0) is 40.0. The van der Waals surface area contributed by atoms with Crippen molar-refractivity contribution in [2.24, 2.45) is 0 Å². The molecule has 0 spiro atoms. The first-order chi connectivity index (χ1) is 26.5. The van der Waals surface area contributed by atoms with Gasteiger partial charge in [0.2, 0.25) is 0 Å². The smallest absolute Gasteiger partial charge is 0.263 e. The summed E-state index contributed by atoms with van der Waals surface area (Å²) in [6.45, 7) is 4.62. The van der Waals surface area contributed by atoms with E-state index in [9.17, 15) is 16.8 Å². The van der Waals surface area contributed by atoms with Gasteiger partial charge in [-0.3, -0.25) is 9.11 Å². The third-order valence-electron chi connectivity index (χ3n) is 10.4. The largest absolute Gasteiger partial charge is 0.413 e. The van der Waals surface area contributed by atoms with Gasteiger partial charge in [-0.2, -0.15) is 16.8 Å². The molecule has 0 saturated carbocycles. The number of aryl methyl sites for hydroxylation is 1. The maximum atomic E-state index is 9.44. The maximum absolute atomic E-state index is 9.44. The Morgan fingerprint density at radius 1 is 0.436 bits per heavy atom. The van der Waals surface area contributed by atoms with E-state index in [1.165, 1.54) is 207 Å². The van der Waals surface area contributed by atoms with Crippen LogP contribution in [0, 0.1) is 0 Å². The van der Waals surface area contributed by atoms with Gasteiger partial charge in [0.15, 0.2) is 0 Å². The van der Waals surface area contributed by atoms with Crippen LogP contribution in [0.2, 0.25) is 0 Å². The fourth-order valence-electron chi connectivity index (χ4n) is 7.31. The molecule has 0 saturated heterocycles. The summed E-state index contributed by atoms with van der Waals surface area (Å²) < 4.78 is 55.6. The minimum atomic E-state index is -5.12. The summed E-state index contributed by atoms with van der Waals surface area (Å²) in [5, 5.41) is 0. The fourth-order valence-corrected chi connectivity index (χ4v) is 10.6. The molecule has 7 nitrogen and oxygen atoms in total. The van der Waals surface area contributed by atoms with Crippen molar-refractivity contribution in [1.82, 2.24) is 0 Å². The maximum Gasteiger partial charge on any atom is 0.413 e. The summed E-state index contributed by atoms with van der Waals surface area (Å²) in [5.74, 6) is 0. The Morgan fingerprint density at radius 2 is 0.782 bits per heavy atom. The normalized spacial score (nSPS) is 12.6. The molecule has 2 aromatic rings. The van der Waals surface area contributed by atoms with Gasteiger partial charge >= 0.3 is 20.8 Å². The summed E-state index contributed by atoms with van der Waals surface area (Å²) in [4.78, 5) is 5.97. The monoisotopic (exact) mass is 842 g/mol. The van der Waals surface area contributed by atoms with Crippen LogP contribution in [0.15, 0.2) is 56.0 Å². The molecule has 11 heteroatoms. The zero-order valence-electron chi connectivity index (χ0n) is 34.2. The first-order valence-corrected chi connectivity index (χ1v) is 26.2. The first-order valence-electron chi connectivity index (χ1n) is 21.8. The van der Waals surface area contributed by atoms with Crippen molar-refractivity contribution < 1.29 is 29.6 Å². The standard InChI is InChI=1S/C44H72S2.H2O7S2/c1-3-5-7-9-11-13-15-17-19-21-23-25-27-29-33-39-37-38-43-44(46-42-36-32-31-35-41(42)45-43)40(39)34-30-28-26-24-22-20-18-16-14-12-10-8-6-4-2;1-8(2,3)7-9(4,5)6/h31-32,35-38H,3-30,33-34H2,1-2H3;(H,1,2,3)(H,4,5,6). The van der Waals surface area contributed by atoms with Crippen LogP contribution in [0.4, 0.5) is 0 Å². The third-order valence-corrected chi connectivity index (χ3v) is 14.4. The summed E-state index contributed by atoms with van der Waals surface area (Å²) >= 11 is 4.05. The predicted octanol–water partition coefficient (Wildman–Crippen LogP) is 15.0. The lowest BCUT2D eigenvalue weighted by Gasteiger charge is -2.23. The second-order valence-corrected chi connectivity index (χ2v) is 19.7. The lowest BCUT2D eigenvalue weighted by atomic mass is 9.96. The SMILES string of the molecule is CCCCCCCCCCCCCCCCc1ccc2c(c1CCCCCCCCCCCCCCCC)Sc1ccccc1S2.O=S(=O)(O)OS(=O)(=O)O. The van der Waals surface area contributed by atoms with Crippen LogP contribution < -0.4 is 0 Å². The van der Waals surface area contributed by atoms with Crippen LogP contribution in [-0.4, -0.2) is 25.9 Å². The molecule has 55 heavy (non-hydrogen) atoms. The minimum Gasteiger partial charge on any atom is -0.263 e. The number of hydrogen-bond acceptors (Lipinski definition) is 7. The van der Waals surface area contributed by atoms with Crippen molar-refractivity contribution in [1.29, 1.82) is 0 Å². The quantitative estimate of drug-likeness (QED) is 0.0468. The van der Waals surface area contributed by atoms with Crippen molar-refractivity contribution >= 4 is 44.3 Å². The van der Waals surface area contributed by atoms with E-state index in [4.69, 9.17) is 9.11 Å². The van der Waals surface area contributed by atoms with Crippen LogP contribution in [0.1, 0.15) is 205 Å². The number of unbranched alkanes of at least 4 members (excludes halogenated alkanes) is 26. The van der Waals surface area contributed by atoms with E-state index in [1.807, 2.05) is 11.8 Å². The van der Waals surface area contributed by atoms with Gasteiger partial charge < -0.3 is 0 Å². The van der Waals surface area contributed by atoms with Crippen molar-refractivity contribution in [3.63, 3.8) is 0 Å². The molecule has 0 aromatic heterocycles. The van der Waals surface area contributed by atoms with E-state index >= 15 is 0 Å². The topological polar surface area (TPSA) is 118 Å². The molecule has 1 heterocycles. The van der Waals surface area contributed by atoms with Crippen molar-refractivity contribution in [2.45, 2.75) is 226 Å². The molecule has 2 aromatic carbocycles. The molecule has 0 bridgehead atoms. The highest BCUT2D eigenvalue weighted by Gasteiger charge is 2.21. The fraction of sp³-hybridized carbons (Fsp3) is 0.727. The van der Waals surface area contributed by atoms with E-state index in [-0.39, 0.29) is 0 Å². The van der Waals surface area contributed by atoms with Gasteiger partial charge in [-0.1, -0.05) is 223 Å². The van der Waals surface area contributed by atoms with Crippen molar-refractivity contribution in [3.8, 4) is 0 Å². The highest BCUT2D eigenvalue weighted by Crippen LogP contribution is 2.50. The average molecular weight is 843 g/mol. The Hall–Kier alpha value is -1.08. The lowest BCUT2D eigenvalue weighted by molar-refractivity contribution is 0.344. The van der Waals surface area contributed by atoms with Crippen LogP contribution in [-0.2, 0) is 37.3 Å². The van der Waals surface area contributed by atoms with E-state index in [0.29, 0.717) is 0 Å². The van der Waals surface area contributed by atoms with Gasteiger partial charge in [-0.15, -0.1) is 3.63 Å². The predicted molar refractivity (Wildman–Crippen MR) is 233 cm³/mol. The van der Waals surface area contributed by atoms with Gasteiger partial charge in [0.25, 0.3) is 0 Å². The molecule has 3 rings (SSSR count). The summed E-state index contributed by atoms with van der Waals surface area (Å²) in [5.41, 5.74) is 3.35. The number of rotatable bonds is 32. The summed E-state index contributed by atoms with van der Waals surface area (Å²) in [6, 6.07) is 14.0. The molecule has 0 radical (unpaired) electrons. The van der Waals surface area contributed by atoms with Crippen LogP contribution in [0.3, 0.4) is 0 Å². The van der Waals surface area contributed by atoms with Crippen LogP contribution in [0.5, 0.6) is 0 Å². The lowest BCUT2D eigenvalue weighted by Crippen LogP contribution is -2.10. The molecule has 2 N–H and O–H groups in total. The van der Waals surface area contributed by atoms with Crippen molar-refractivity contribution in [2.75, 3.05) is 0 Å². The highest BCUT2D eigenvalue weighted by atomic mass is 32.3. The molecule has 0 atom stereocenters. The number of fused-ring (bicyclic) bond motifs is 2. The Labute approximate surface area is 345 Å². The van der Waals surface area contributed by atoms with Crippen LogP contribution in [0.25, 0.3) is 0 Å². The first kappa shape index (κ1) is 50.1. The molecular weight excluding hydrogens is 769 g/mol. The van der Waals surface area contributed by atoms with E-state index in [0.717, 1.165) is 0 Å². The molecule has 0 unspecified atom stereocenters. The van der Waals surface area contributed by atoms with Gasteiger partial charge in [-0.05, 0) is 55.0 Å². The van der Waals surface area contributed by atoms with E-state index in [1.54, 1.807) is 16.0 Å². The van der Waals surface area contributed by atoms with E-state index in [2.05, 4.69) is 65.6 Å². The second-order valence-electron chi connectivity index (χ2n) is 15.3. The molecule has 0 aliphatic carbocycles. The van der Waals surface area contributed by atoms with Gasteiger partial charge in [0.05, 0.1) is 0 Å². The number of hydrogen-bond donors (Lipinski definition) is 2. The Kier molecular flexibility index (Phi) is 28.1. The van der Waals surface area contributed by atoms with Crippen molar-refractivity contribution in [3.05, 3.63) is 47.5 Å². The molecule has 0 amide bonds.